The molecule has 1 aromatic carbocycles. The van der Waals surface area contributed by atoms with Gasteiger partial charge < -0.3 is 13.9 Å². The van der Waals surface area contributed by atoms with Gasteiger partial charge in [0.15, 0.2) is 17.6 Å². The zero-order valence-electron chi connectivity index (χ0n) is 18.0. The van der Waals surface area contributed by atoms with E-state index >= 15 is 0 Å². The average molecular weight is 461 g/mol. The number of thioether (sulfide) groups is 1. The summed E-state index contributed by atoms with van der Waals surface area (Å²) in [5.74, 6) is 0.0748. The standard InChI is InChI=1S/C22H25ClN4O3S/c1-5-26-14(3)11-18(15(26)4)19(28)12-30-20(29)13-31-22-25-24-21(27(22)6-2)16-7-9-17(23)10-8-16/h7-11H,5-6,12-13H2,1-4H3. The van der Waals surface area contributed by atoms with Crippen LogP contribution in [0.5, 0.6) is 0 Å². The Balaban J connectivity index is 1.59. The monoisotopic (exact) mass is 460 g/mol. The molecule has 0 aliphatic carbocycles. The lowest BCUT2D eigenvalue weighted by Crippen LogP contribution is -2.16. The predicted octanol–water partition coefficient (Wildman–Crippen LogP) is 4.57. The van der Waals surface area contributed by atoms with Crippen LogP contribution in [0.4, 0.5) is 0 Å². The molecule has 0 N–H and O–H groups in total. The molecule has 3 rings (SSSR count). The van der Waals surface area contributed by atoms with E-state index in [4.69, 9.17) is 16.3 Å². The van der Waals surface area contributed by atoms with E-state index in [0.29, 0.717) is 28.1 Å². The van der Waals surface area contributed by atoms with Crippen LogP contribution in [-0.4, -0.2) is 43.4 Å². The van der Waals surface area contributed by atoms with Crippen molar-refractivity contribution in [2.24, 2.45) is 0 Å². The molecule has 2 heterocycles. The maximum Gasteiger partial charge on any atom is 0.316 e. The third-order valence-electron chi connectivity index (χ3n) is 5.01. The number of aryl methyl sites for hydroxylation is 1. The van der Waals surface area contributed by atoms with Crippen molar-refractivity contribution < 1.29 is 14.3 Å². The molecule has 0 fully saturated rings. The maximum atomic E-state index is 12.5. The lowest BCUT2D eigenvalue weighted by Gasteiger charge is -2.08. The van der Waals surface area contributed by atoms with Gasteiger partial charge >= 0.3 is 5.97 Å². The Hall–Kier alpha value is -2.58. The summed E-state index contributed by atoms with van der Waals surface area (Å²) >= 11 is 7.19. The molecule has 0 saturated carbocycles. The molecule has 164 valence electrons. The van der Waals surface area contributed by atoms with Crippen molar-refractivity contribution in [1.82, 2.24) is 19.3 Å². The number of benzene rings is 1. The summed E-state index contributed by atoms with van der Waals surface area (Å²) in [6, 6.07) is 9.19. The van der Waals surface area contributed by atoms with E-state index in [0.717, 1.165) is 23.5 Å². The van der Waals surface area contributed by atoms with Gasteiger partial charge in [-0.1, -0.05) is 23.4 Å². The van der Waals surface area contributed by atoms with Crippen molar-refractivity contribution in [3.8, 4) is 11.4 Å². The Morgan fingerprint density at radius 1 is 1.06 bits per heavy atom. The minimum Gasteiger partial charge on any atom is -0.457 e. The lowest BCUT2D eigenvalue weighted by molar-refractivity contribution is -0.139. The molecule has 0 aliphatic heterocycles. The fraction of sp³-hybridized carbons (Fsp3) is 0.364. The highest BCUT2D eigenvalue weighted by atomic mass is 35.5. The quantitative estimate of drug-likeness (QED) is 0.264. The number of hydrogen-bond acceptors (Lipinski definition) is 6. The Morgan fingerprint density at radius 3 is 2.35 bits per heavy atom. The Labute approximate surface area is 190 Å². The van der Waals surface area contributed by atoms with E-state index in [2.05, 4.69) is 14.8 Å². The molecule has 0 unspecified atom stereocenters. The van der Waals surface area contributed by atoms with Gasteiger partial charge in [0.05, 0.1) is 5.75 Å². The first kappa shape index (κ1) is 23.1. The number of halogens is 1. The van der Waals surface area contributed by atoms with Crippen LogP contribution in [0.25, 0.3) is 11.4 Å². The second kappa shape index (κ2) is 10.2. The molecule has 0 amide bonds. The van der Waals surface area contributed by atoms with Gasteiger partial charge in [-0.25, -0.2) is 0 Å². The highest BCUT2D eigenvalue weighted by Gasteiger charge is 2.18. The first-order valence-corrected chi connectivity index (χ1v) is 11.4. The van der Waals surface area contributed by atoms with Gasteiger partial charge in [-0.3, -0.25) is 9.59 Å². The second-order valence-electron chi connectivity index (χ2n) is 6.96. The van der Waals surface area contributed by atoms with E-state index in [-0.39, 0.29) is 18.1 Å². The summed E-state index contributed by atoms with van der Waals surface area (Å²) in [5, 5.41) is 9.71. The van der Waals surface area contributed by atoms with Crippen molar-refractivity contribution in [3.63, 3.8) is 0 Å². The lowest BCUT2D eigenvalue weighted by atomic mass is 10.1. The molecule has 0 spiro atoms. The molecule has 0 radical (unpaired) electrons. The normalized spacial score (nSPS) is 11.0. The molecule has 9 heteroatoms. The predicted molar refractivity (Wildman–Crippen MR) is 122 cm³/mol. The van der Waals surface area contributed by atoms with Crippen molar-refractivity contribution in [2.75, 3.05) is 12.4 Å². The van der Waals surface area contributed by atoms with Crippen molar-refractivity contribution >= 4 is 35.1 Å². The number of Topliss-reactive ketones (excluding diaryl/α,β-unsaturated/α-hetero) is 1. The van der Waals surface area contributed by atoms with Crippen molar-refractivity contribution in [2.45, 2.75) is 45.9 Å². The van der Waals surface area contributed by atoms with Gasteiger partial charge in [0.25, 0.3) is 0 Å². The van der Waals surface area contributed by atoms with E-state index in [1.807, 2.05) is 50.5 Å². The van der Waals surface area contributed by atoms with E-state index in [1.54, 1.807) is 12.1 Å². The van der Waals surface area contributed by atoms with Gasteiger partial charge in [-0.2, -0.15) is 0 Å². The van der Waals surface area contributed by atoms with Crippen molar-refractivity contribution in [3.05, 3.63) is 52.3 Å². The Kier molecular flexibility index (Phi) is 7.56. The molecule has 3 aromatic rings. The van der Waals surface area contributed by atoms with Crippen LogP contribution in [0.1, 0.15) is 35.6 Å². The number of ketones is 1. The van der Waals surface area contributed by atoms with Crippen LogP contribution in [-0.2, 0) is 22.6 Å². The number of aromatic nitrogens is 4. The molecule has 0 saturated heterocycles. The molecule has 0 bridgehead atoms. The summed E-state index contributed by atoms with van der Waals surface area (Å²) < 4.78 is 9.18. The first-order valence-electron chi connectivity index (χ1n) is 10.0. The molecule has 0 aliphatic rings. The van der Waals surface area contributed by atoms with E-state index < -0.39 is 5.97 Å². The van der Waals surface area contributed by atoms with Crippen LogP contribution in [0.2, 0.25) is 5.02 Å². The molecule has 31 heavy (non-hydrogen) atoms. The summed E-state index contributed by atoms with van der Waals surface area (Å²) in [6.45, 7) is 9.03. The van der Waals surface area contributed by atoms with Crippen LogP contribution >= 0.6 is 23.4 Å². The van der Waals surface area contributed by atoms with Crippen LogP contribution < -0.4 is 0 Å². The minimum absolute atomic E-state index is 0.0417. The van der Waals surface area contributed by atoms with Gasteiger partial charge in [0.2, 0.25) is 5.78 Å². The van der Waals surface area contributed by atoms with Gasteiger partial charge in [0, 0.05) is 40.6 Å². The fourth-order valence-electron chi connectivity index (χ4n) is 3.45. The van der Waals surface area contributed by atoms with E-state index in [1.165, 1.54) is 11.8 Å². The second-order valence-corrected chi connectivity index (χ2v) is 8.34. The Morgan fingerprint density at radius 2 is 1.74 bits per heavy atom. The smallest absolute Gasteiger partial charge is 0.316 e. The summed E-state index contributed by atoms with van der Waals surface area (Å²) in [5.41, 5.74) is 3.39. The highest BCUT2D eigenvalue weighted by molar-refractivity contribution is 7.99. The molecule has 2 aromatic heterocycles. The minimum atomic E-state index is -0.471. The molecule has 0 atom stereocenters. The van der Waals surface area contributed by atoms with Crippen molar-refractivity contribution in [1.29, 1.82) is 0 Å². The van der Waals surface area contributed by atoms with Crippen LogP contribution in [0.3, 0.4) is 0 Å². The number of rotatable bonds is 9. The number of carbonyl (C=O) groups is 2. The zero-order chi connectivity index (χ0) is 22.5. The number of ether oxygens (including phenoxy) is 1. The number of carbonyl (C=O) groups excluding carboxylic acids is 2. The molecular weight excluding hydrogens is 436 g/mol. The zero-order valence-corrected chi connectivity index (χ0v) is 19.6. The number of esters is 1. The third-order valence-corrected chi connectivity index (χ3v) is 6.20. The fourth-order valence-corrected chi connectivity index (χ4v) is 4.38. The first-order chi connectivity index (χ1) is 14.8. The summed E-state index contributed by atoms with van der Waals surface area (Å²) in [4.78, 5) is 24.7. The largest absolute Gasteiger partial charge is 0.457 e. The molecule has 7 nitrogen and oxygen atoms in total. The topological polar surface area (TPSA) is 79.0 Å². The van der Waals surface area contributed by atoms with Gasteiger partial charge in [0.1, 0.15) is 0 Å². The maximum absolute atomic E-state index is 12.5. The summed E-state index contributed by atoms with van der Waals surface area (Å²) in [6.07, 6.45) is 0. The molecular formula is C22H25ClN4O3S. The number of nitrogens with zero attached hydrogens (tertiary/aromatic N) is 4. The SMILES string of the molecule is CCn1c(SCC(=O)OCC(=O)c2cc(C)n(CC)c2C)nnc1-c1ccc(Cl)cc1. The average Bonchev–Trinajstić information content (AvgIpc) is 3.30. The highest BCUT2D eigenvalue weighted by Crippen LogP contribution is 2.25. The Bertz CT molecular complexity index is 1090. The van der Waals surface area contributed by atoms with E-state index in [9.17, 15) is 9.59 Å². The van der Waals surface area contributed by atoms with Crippen LogP contribution in [0.15, 0.2) is 35.5 Å². The van der Waals surface area contributed by atoms with Gasteiger partial charge in [-0.05, 0) is 58.0 Å². The summed E-state index contributed by atoms with van der Waals surface area (Å²) in [7, 11) is 0. The van der Waals surface area contributed by atoms with Crippen LogP contribution in [0, 0.1) is 13.8 Å². The number of hydrogen-bond donors (Lipinski definition) is 0. The van der Waals surface area contributed by atoms with Gasteiger partial charge in [-0.15, -0.1) is 10.2 Å². The third kappa shape index (κ3) is 5.19.